The molecular formula is C25H29N7O2. The van der Waals surface area contributed by atoms with Crippen LogP contribution in [0, 0.1) is 0 Å². The van der Waals surface area contributed by atoms with Crippen LogP contribution in [0.15, 0.2) is 54.9 Å². The zero-order valence-corrected chi connectivity index (χ0v) is 19.4. The third-order valence-corrected chi connectivity index (χ3v) is 5.82. The lowest BCUT2D eigenvalue weighted by atomic mass is 10.0. The van der Waals surface area contributed by atoms with Crippen molar-refractivity contribution in [2.45, 2.75) is 38.6 Å². The van der Waals surface area contributed by atoms with Crippen molar-refractivity contribution >= 4 is 29.3 Å². The van der Waals surface area contributed by atoms with Gasteiger partial charge in [0.1, 0.15) is 11.6 Å². The predicted octanol–water partition coefficient (Wildman–Crippen LogP) is 3.24. The first-order chi connectivity index (χ1) is 16.4. The standard InChI is InChI=1S/C25H29N7O2/c1-16(2)17-8-10-18(11-9-17)25(34)29-19-6-5-13-32(15-19)21-14-28-22(23(26)33)24(31-21)30-20-7-3-4-12-27-20/h3-4,7-12,14,16,19H,5-6,13,15H2,1-2H3,(H2,26,33)(H,29,34)(H,27,30,31). The van der Waals surface area contributed by atoms with E-state index in [1.165, 1.54) is 5.56 Å². The summed E-state index contributed by atoms with van der Waals surface area (Å²) in [6.07, 6.45) is 4.94. The number of hydrogen-bond donors (Lipinski definition) is 3. The molecule has 0 aliphatic carbocycles. The highest BCUT2D eigenvalue weighted by Gasteiger charge is 2.24. The van der Waals surface area contributed by atoms with Gasteiger partial charge in [0.15, 0.2) is 11.5 Å². The molecule has 1 aliphatic heterocycles. The third-order valence-electron chi connectivity index (χ3n) is 5.82. The predicted molar refractivity (Wildman–Crippen MR) is 131 cm³/mol. The fourth-order valence-corrected chi connectivity index (χ4v) is 3.95. The Morgan fingerprint density at radius 3 is 2.59 bits per heavy atom. The first kappa shape index (κ1) is 23.2. The van der Waals surface area contributed by atoms with Crippen LogP contribution in [-0.2, 0) is 0 Å². The van der Waals surface area contributed by atoms with Crippen molar-refractivity contribution in [3.05, 3.63) is 71.7 Å². The molecular weight excluding hydrogens is 430 g/mol. The van der Waals surface area contributed by atoms with E-state index in [2.05, 4.69) is 44.3 Å². The van der Waals surface area contributed by atoms with Crippen LogP contribution in [0.4, 0.5) is 17.5 Å². The number of carbonyl (C=O) groups excluding carboxylic acids is 2. The van der Waals surface area contributed by atoms with Gasteiger partial charge in [-0.3, -0.25) is 9.59 Å². The smallest absolute Gasteiger partial charge is 0.271 e. The van der Waals surface area contributed by atoms with Crippen LogP contribution in [0.2, 0.25) is 0 Å². The summed E-state index contributed by atoms with van der Waals surface area (Å²) in [6, 6.07) is 13.1. The molecule has 3 heterocycles. The molecule has 34 heavy (non-hydrogen) atoms. The van der Waals surface area contributed by atoms with Gasteiger partial charge < -0.3 is 21.3 Å². The fraction of sp³-hybridized carbons (Fsp3) is 0.320. The van der Waals surface area contributed by atoms with E-state index in [-0.39, 0.29) is 23.5 Å². The van der Waals surface area contributed by atoms with Gasteiger partial charge in [0.05, 0.1) is 6.20 Å². The number of nitrogens with one attached hydrogen (secondary N) is 2. The number of hydrogen-bond acceptors (Lipinski definition) is 7. The largest absolute Gasteiger partial charge is 0.364 e. The van der Waals surface area contributed by atoms with Crippen molar-refractivity contribution in [3.63, 3.8) is 0 Å². The minimum Gasteiger partial charge on any atom is -0.364 e. The Morgan fingerprint density at radius 2 is 1.91 bits per heavy atom. The molecule has 1 saturated heterocycles. The van der Waals surface area contributed by atoms with E-state index in [1.807, 2.05) is 30.3 Å². The maximum atomic E-state index is 12.8. The average molecular weight is 460 g/mol. The van der Waals surface area contributed by atoms with Crippen LogP contribution in [-0.4, -0.2) is 45.9 Å². The minimum atomic E-state index is -0.676. The summed E-state index contributed by atoms with van der Waals surface area (Å²) in [5.41, 5.74) is 7.38. The number of primary amides is 1. The number of rotatable bonds is 7. The number of anilines is 3. The lowest BCUT2D eigenvalue weighted by molar-refractivity contribution is 0.0932. The molecule has 9 heteroatoms. The lowest BCUT2D eigenvalue weighted by Gasteiger charge is -2.34. The highest BCUT2D eigenvalue weighted by Crippen LogP contribution is 2.23. The van der Waals surface area contributed by atoms with Gasteiger partial charge >= 0.3 is 0 Å². The van der Waals surface area contributed by atoms with E-state index < -0.39 is 5.91 Å². The normalized spacial score (nSPS) is 15.7. The molecule has 2 amide bonds. The molecule has 3 aromatic rings. The van der Waals surface area contributed by atoms with Crippen LogP contribution in [0.5, 0.6) is 0 Å². The zero-order valence-electron chi connectivity index (χ0n) is 19.4. The molecule has 0 spiro atoms. The van der Waals surface area contributed by atoms with Crippen LogP contribution in [0.25, 0.3) is 0 Å². The molecule has 0 saturated carbocycles. The van der Waals surface area contributed by atoms with Crippen LogP contribution >= 0.6 is 0 Å². The topological polar surface area (TPSA) is 126 Å². The Balaban J connectivity index is 1.47. The van der Waals surface area contributed by atoms with Gasteiger partial charge in [-0.25, -0.2) is 15.0 Å². The van der Waals surface area contributed by atoms with E-state index in [0.29, 0.717) is 29.7 Å². The number of nitrogens with zero attached hydrogens (tertiary/aromatic N) is 4. The lowest BCUT2D eigenvalue weighted by Crippen LogP contribution is -2.48. The molecule has 2 aromatic heterocycles. The molecule has 9 nitrogen and oxygen atoms in total. The summed E-state index contributed by atoms with van der Waals surface area (Å²) in [4.78, 5) is 39.8. The molecule has 1 fully saturated rings. The number of piperidine rings is 1. The second-order valence-corrected chi connectivity index (χ2v) is 8.66. The van der Waals surface area contributed by atoms with Gasteiger partial charge in [0.2, 0.25) is 0 Å². The Morgan fingerprint density at radius 1 is 1.12 bits per heavy atom. The Bertz CT molecular complexity index is 1150. The van der Waals surface area contributed by atoms with Gasteiger partial charge in [-0.15, -0.1) is 0 Å². The quantitative estimate of drug-likeness (QED) is 0.495. The molecule has 0 bridgehead atoms. The first-order valence-corrected chi connectivity index (χ1v) is 11.4. The van der Waals surface area contributed by atoms with Crippen LogP contribution in [0.3, 0.4) is 0 Å². The second kappa shape index (κ2) is 10.3. The van der Waals surface area contributed by atoms with E-state index in [1.54, 1.807) is 24.5 Å². The fourth-order valence-electron chi connectivity index (χ4n) is 3.95. The summed E-state index contributed by atoms with van der Waals surface area (Å²) in [7, 11) is 0. The van der Waals surface area contributed by atoms with Crippen LogP contribution < -0.4 is 21.3 Å². The molecule has 1 unspecified atom stereocenters. The van der Waals surface area contributed by atoms with Gasteiger partial charge in [0, 0.05) is 30.9 Å². The van der Waals surface area contributed by atoms with Gasteiger partial charge in [-0.2, -0.15) is 0 Å². The molecule has 0 radical (unpaired) electrons. The number of aromatic nitrogens is 3. The molecule has 1 aliphatic rings. The van der Waals surface area contributed by atoms with E-state index in [4.69, 9.17) is 5.73 Å². The van der Waals surface area contributed by atoms with E-state index in [0.717, 1.165) is 19.4 Å². The van der Waals surface area contributed by atoms with Crippen molar-refractivity contribution in [1.82, 2.24) is 20.3 Å². The van der Waals surface area contributed by atoms with Crippen molar-refractivity contribution in [2.75, 3.05) is 23.3 Å². The molecule has 176 valence electrons. The molecule has 1 atom stereocenters. The van der Waals surface area contributed by atoms with Crippen molar-refractivity contribution in [1.29, 1.82) is 0 Å². The van der Waals surface area contributed by atoms with Gasteiger partial charge in [-0.1, -0.05) is 32.0 Å². The molecule has 4 rings (SSSR count). The van der Waals surface area contributed by atoms with E-state index >= 15 is 0 Å². The monoisotopic (exact) mass is 459 g/mol. The Labute approximate surface area is 198 Å². The molecule has 4 N–H and O–H groups in total. The SMILES string of the molecule is CC(C)c1ccc(C(=O)NC2CCCN(c3cnc(C(N)=O)c(Nc4ccccn4)n3)C2)cc1. The van der Waals surface area contributed by atoms with Gasteiger partial charge in [0.25, 0.3) is 11.8 Å². The average Bonchev–Trinajstić information content (AvgIpc) is 2.84. The van der Waals surface area contributed by atoms with Crippen LogP contribution in [0.1, 0.15) is 59.0 Å². The maximum Gasteiger partial charge on any atom is 0.271 e. The highest BCUT2D eigenvalue weighted by molar-refractivity contribution is 5.96. The summed E-state index contributed by atoms with van der Waals surface area (Å²) in [5, 5.41) is 6.17. The number of amides is 2. The summed E-state index contributed by atoms with van der Waals surface area (Å²) >= 11 is 0. The highest BCUT2D eigenvalue weighted by atomic mass is 16.2. The Kier molecular flexibility index (Phi) is 7.01. The second-order valence-electron chi connectivity index (χ2n) is 8.66. The minimum absolute atomic E-state index is 0.0316. The maximum absolute atomic E-state index is 12.8. The van der Waals surface area contributed by atoms with Crippen molar-refractivity contribution in [2.24, 2.45) is 5.73 Å². The van der Waals surface area contributed by atoms with Crippen molar-refractivity contribution < 1.29 is 9.59 Å². The zero-order chi connectivity index (χ0) is 24.1. The number of nitrogens with two attached hydrogens (primary N) is 1. The summed E-state index contributed by atoms with van der Waals surface area (Å²) in [6.45, 7) is 5.61. The number of benzene rings is 1. The molecule has 1 aromatic carbocycles. The van der Waals surface area contributed by atoms with Crippen molar-refractivity contribution in [3.8, 4) is 0 Å². The Hall–Kier alpha value is -4.01. The van der Waals surface area contributed by atoms with E-state index in [9.17, 15) is 9.59 Å². The number of pyridine rings is 1. The first-order valence-electron chi connectivity index (χ1n) is 11.4. The number of carbonyl (C=O) groups is 2. The van der Waals surface area contributed by atoms with Gasteiger partial charge in [-0.05, 0) is 48.6 Å². The summed E-state index contributed by atoms with van der Waals surface area (Å²) in [5.74, 6) is 1.04. The third kappa shape index (κ3) is 5.48. The summed E-state index contributed by atoms with van der Waals surface area (Å²) < 4.78 is 0.